The molecule has 0 atom stereocenters. The third-order valence-corrected chi connectivity index (χ3v) is 4.43. The Kier molecular flexibility index (Phi) is 4.05. The number of nitrogens with one attached hydrogen (secondary N) is 2. The maximum absolute atomic E-state index is 5.91. The number of nitrogen functional groups attached to an aromatic ring is 1. The second-order valence-electron chi connectivity index (χ2n) is 4.80. The molecule has 2 aromatic heterocycles. The Hall–Kier alpha value is -1.37. The summed E-state index contributed by atoms with van der Waals surface area (Å²) >= 11 is 7.52. The van der Waals surface area contributed by atoms with Crippen LogP contribution in [0.2, 0.25) is 4.34 Å². The number of anilines is 2. The summed E-state index contributed by atoms with van der Waals surface area (Å²) in [7, 11) is 0. The fourth-order valence-electron chi connectivity index (χ4n) is 1.95. The van der Waals surface area contributed by atoms with Gasteiger partial charge in [0.1, 0.15) is 17.5 Å². The summed E-state index contributed by atoms with van der Waals surface area (Å²) < 4.78 is 0.827. The van der Waals surface area contributed by atoms with Crippen LogP contribution in [0.3, 0.4) is 0 Å². The van der Waals surface area contributed by atoms with E-state index in [0.29, 0.717) is 11.7 Å². The van der Waals surface area contributed by atoms with E-state index in [2.05, 4.69) is 26.8 Å². The molecule has 1 aliphatic rings. The van der Waals surface area contributed by atoms with Gasteiger partial charge in [-0.15, -0.1) is 11.3 Å². The highest BCUT2D eigenvalue weighted by atomic mass is 35.5. The van der Waals surface area contributed by atoms with Gasteiger partial charge in [0.25, 0.3) is 0 Å². The molecular weight excluding hydrogens is 294 g/mol. The van der Waals surface area contributed by atoms with Gasteiger partial charge in [-0.3, -0.25) is 0 Å². The molecule has 0 unspecified atom stereocenters. The smallest absolute Gasteiger partial charge is 0.145 e. The van der Waals surface area contributed by atoms with Gasteiger partial charge in [-0.05, 0) is 31.4 Å². The molecule has 0 amide bonds. The van der Waals surface area contributed by atoms with Gasteiger partial charge in [0.2, 0.25) is 0 Å². The van der Waals surface area contributed by atoms with Crippen molar-refractivity contribution < 1.29 is 0 Å². The second-order valence-corrected chi connectivity index (χ2v) is 6.60. The Bertz CT molecular complexity index is 596. The van der Waals surface area contributed by atoms with Crippen LogP contribution in [0.1, 0.15) is 29.5 Å². The zero-order chi connectivity index (χ0) is 13.9. The average molecular weight is 310 g/mol. The minimum absolute atomic E-state index is 0.500. The normalized spacial score (nSPS) is 14.3. The molecule has 7 heteroatoms. The van der Waals surface area contributed by atoms with Crippen molar-refractivity contribution in [3.8, 4) is 0 Å². The first-order chi connectivity index (χ1) is 9.74. The fraction of sp³-hybridized carbons (Fsp3) is 0.385. The lowest BCUT2D eigenvalue weighted by atomic mass is 10.3. The lowest BCUT2D eigenvalue weighted by molar-refractivity contribution is 0.916. The second kappa shape index (κ2) is 5.95. The Morgan fingerprint density at radius 1 is 1.30 bits per heavy atom. The molecule has 0 spiro atoms. The molecule has 2 aromatic rings. The van der Waals surface area contributed by atoms with Crippen LogP contribution in [0.5, 0.6) is 0 Å². The number of nitrogens with zero attached hydrogens (tertiary/aromatic N) is 2. The van der Waals surface area contributed by atoms with Crippen molar-refractivity contribution in [3.05, 3.63) is 33.2 Å². The maximum atomic E-state index is 5.91. The molecule has 1 saturated carbocycles. The molecule has 0 saturated heterocycles. The summed E-state index contributed by atoms with van der Waals surface area (Å²) in [4.78, 5) is 10.2. The van der Waals surface area contributed by atoms with E-state index in [-0.39, 0.29) is 0 Å². The van der Waals surface area contributed by atoms with E-state index in [1.165, 1.54) is 17.7 Å². The topological polar surface area (TPSA) is 75.9 Å². The number of hydrazine groups is 1. The van der Waals surface area contributed by atoms with Gasteiger partial charge < -0.3 is 10.7 Å². The van der Waals surface area contributed by atoms with E-state index >= 15 is 0 Å². The number of thiophene rings is 1. The van der Waals surface area contributed by atoms with Crippen LogP contribution in [0, 0.1) is 0 Å². The highest BCUT2D eigenvalue weighted by molar-refractivity contribution is 7.16. The van der Waals surface area contributed by atoms with Crippen LogP contribution >= 0.6 is 22.9 Å². The van der Waals surface area contributed by atoms with Crippen LogP contribution in [0.4, 0.5) is 11.6 Å². The fourth-order valence-corrected chi connectivity index (χ4v) is 3.04. The Morgan fingerprint density at radius 3 is 2.75 bits per heavy atom. The van der Waals surface area contributed by atoms with E-state index in [0.717, 1.165) is 28.9 Å². The van der Waals surface area contributed by atoms with Crippen LogP contribution in [-0.2, 0) is 6.42 Å². The zero-order valence-electron chi connectivity index (χ0n) is 10.9. The summed E-state index contributed by atoms with van der Waals surface area (Å²) in [6, 6.07) is 5.80. The molecule has 0 radical (unpaired) electrons. The predicted octanol–water partition coefficient (Wildman–Crippen LogP) is 3.01. The molecule has 20 heavy (non-hydrogen) atoms. The Labute approximate surface area is 126 Å². The Morgan fingerprint density at radius 2 is 2.10 bits per heavy atom. The van der Waals surface area contributed by atoms with Gasteiger partial charge in [0, 0.05) is 23.4 Å². The Balaban J connectivity index is 1.62. The van der Waals surface area contributed by atoms with Crippen LogP contribution in [-0.4, -0.2) is 16.5 Å². The molecule has 1 fully saturated rings. The molecule has 4 N–H and O–H groups in total. The van der Waals surface area contributed by atoms with Crippen molar-refractivity contribution in [2.45, 2.75) is 25.2 Å². The van der Waals surface area contributed by atoms with Gasteiger partial charge in [-0.2, -0.15) is 0 Å². The van der Waals surface area contributed by atoms with E-state index in [9.17, 15) is 0 Å². The predicted molar refractivity (Wildman–Crippen MR) is 83.3 cm³/mol. The molecule has 0 aromatic carbocycles. The maximum Gasteiger partial charge on any atom is 0.145 e. The van der Waals surface area contributed by atoms with Crippen LogP contribution in [0.15, 0.2) is 18.2 Å². The number of hydrogen-bond donors (Lipinski definition) is 3. The van der Waals surface area contributed by atoms with Gasteiger partial charge in [-0.1, -0.05) is 11.6 Å². The standard InChI is InChI=1S/C13H16ClN5S/c14-10-4-3-9(20-10)5-6-16-11-7-12(19-15)18-13(17-11)8-1-2-8/h3-4,7-8H,1-2,5-6,15H2,(H2,16,17,18,19). The lowest BCUT2D eigenvalue weighted by Crippen LogP contribution is -2.13. The number of hydrogen-bond acceptors (Lipinski definition) is 6. The largest absolute Gasteiger partial charge is 0.370 e. The first-order valence-electron chi connectivity index (χ1n) is 6.58. The van der Waals surface area contributed by atoms with Gasteiger partial charge in [0.15, 0.2) is 0 Å². The lowest BCUT2D eigenvalue weighted by Gasteiger charge is -2.09. The van der Waals surface area contributed by atoms with Gasteiger partial charge in [0.05, 0.1) is 4.34 Å². The summed E-state index contributed by atoms with van der Waals surface area (Å²) in [6.07, 6.45) is 3.26. The summed E-state index contributed by atoms with van der Waals surface area (Å²) in [5, 5.41) is 3.32. The molecule has 0 bridgehead atoms. The van der Waals surface area contributed by atoms with Crippen LogP contribution in [0.25, 0.3) is 0 Å². The summed E-state index contributed by atoms with van der Waals surface area (Å²) in [6.45, 7) is 0.808. The number of aromatic nitrogens is 2. The quantitative estimate of drug-likeness (QED) is 0.565. The third kappa shape index (κ3) is 3.39. The van der Waals surface area contributed by atoms with Crippen molar-refractivity contribution in [1.82, 2.24) is 9.97 Å². The SMILES string of the molecule is NNc1cc(NCCc2ccc(Cl)s2)nc(C2CC2)n1. The molecule has 1 aliphatic carbocycles. The first kappa shape index (κ1) is 13.6. The monoisotopic (exact) mass is 309 g/mol. The average Bonchev–Trinajstić information content (AvgIpc) is 3.22. The molecule has 106 valence electrons. The van der Waals surface area contributed by atoms with E-state index in [4.69, 9.17) is 17.4 Å². The number of rotatable bonds is 6. The minimum Gasteiger partial charge on any atom is -0.370 e. The summed E-state index contributed by atoms with van der Waals surface area (Å²) in [5.41, 5.74) is 2.60. The molecule has 0 aliphatic heterocycles. The molecular formula is C13H16ClN5S. The number of nitrogens with two attached hydrogens (primary N) is 1. The highest BCUT2D eigenvalue weighted by Crippen LogP contribution is 2.38. The van der Waals surface area contributed by atoms with E-state index in [1.54, 1.807) is 11.3 Å². The van der Waals surface area contributed by atoms with Crippen molar-refractivity contribution in [2.75, 3.05) is 17.3 Å². The van der Waals surface area contributed by atoms with Crippen LogP contribution < -0.4 is 16.6 Å². The van der Waals surface area contributed by atoms with Crippen molar-refractivity contribution in [1.29, 1.82) is 0 Å². The summed E-state index contributed by atoms with van der Waals surface area (Å²) in [5.74, 6) is 8.30. The molecule has 5 nitrogen and oxygen atoms in total. The van der Waals surface area contributed by atoms with Crippen molar-refractivity contribution in [3.63, 3.8) is 0 Å². The number of halogens is 1. The van der Waals surface area contributed by atoms with E-state index < -0.39 is 0 Å². The zero-order valence-corrected chi connectivity index (χ0v) is 12.5. The van der Waals surface area contributed by atoms with Crippen molar-refractivity contribution >= 4 is 34.6 Å². The molecule has 2 heterocycles. The van der Waals surface area contributed by atoms with Gasteiger partial charge >= 0.3 is 0 Å². The minimum atomic E-state index is 0.500. The van der Waals surface area contributed by atoms with E-state index in [1.807, 2.05) is 12.1 Å². The molecule has 3 rings (SSSR count). The third-order valence-electron chi connectivity index (χ3n) is 3.14. The highest BCUT2D eigenvalue weighted by Gasteiger charge is 2.27. The van der Waals surface area contributed by atoms with Gasteiger partial charge in [-0.25, -0.2) is 15.8 Å². The van der Waals surface area contributed by atoms with Crippen molar-refractivity contribution in [2.24, 2.45) is 5.84 Å². The first-order valence-corrected chi connectivity index (χ1v) is 7.78.